The van der Waals surface area contributed by atoms with Crippen molar-refractivity contribution in [2.75, 3.05) is 0 Å². The molecule has 0 N–H and O–H groups in total. The summed E-state index contributed by atoms with van der Waals surface area (Å²) >= 11 is 1.03. The van der Waals surface area contributed by atoms with E-state index in [2.05, 4.69) is 4.98 Å². The number of hydrogen-bond acceptors (Lipinski definition) is 3. The van der Waals surface area contributed by atoms with Gasteiger partial charge >= 0.3 is 6.18 Å². The Bertz CT molecular complexity index is 589. The maximum Gasteiger partial charge on any atom is 0.417 e. The Kier molecular flexibility index (Phi) is 3.21. The number of ketones is 1. The SMILES string of the molecule is CC(=O)c1csc(-c2ccccc2C(F)(F)F)n1. The van der Waals surface area contributed by atoms with Crippen LogP contribution in [0.2, 0.25) is 0 Å². The van der Waals surface area contributed by atoms with Crippen LogP contribution in [0.1, 0.15) is 23.0 Å². The Balaban J connectivity index is 2.53. The molecule has 1 aromatic carbocycles. The number of alkyl halides is 3. The first kappa shape index (κ1) is 12.8. The van der Waals surface area contributed by atoms with Gasteiger partial charge in [0.1, 0.15) is 10.7 Å². The van der Waals surface area contributed by atoms with E-state index in [0.717, 1.165) is 17.4 Å². The molecule has 0 bridgehead atoms. The number of benzene rings is 1. The molecule has 0 fully saturated rings. The molecule has 94 valence electrons. The second-order valence-corrected chi connectivity index (χ2v) is 4.50. The first-order valence-corrected chi connectivity index (χ1v) is 5.90. The van der Waals surface area contributed by atoms with E-state index in [4.69, 9.17) is 0 Å². The highest BCUT2D eigenvalue weighted by Gasteiger charge is 2.34. The number of rotatable bonds is 2. The van der Waals surface area contributed by atoms with Gasteiger partial charge in [-0.1, -0.05) is 18.2 Å². The quantitative estimate of drug-likeness (QED) is 0.772. The van der Waals surface area contributed by atoms with Gasteiger partial charge < -0.3 is 0 Å². The Morgan fingerprint density at radius 2 is 1.94 bits per heavy atom. The molecule has 2 nitrogen and oxygen atoms in total. The number of carbonyl (C=O) groups is 1. The van der Waals surface area contributed by atoms with E-state index in [0.29, 0.717) is 0 Å². The smallest absolute Gasteiger partial charge is 0.293 e. The van der Waals surface area contributed by atoms with Gasteiger partial charge in [-0.05, 0) is 6.07 Å². The van der Waals surface area contributed by atoms with Crippen LogP contribution in [0.4, 0.5) is 13.2 Å². The van der Waals surface area contributed by atoms with Crippen LogP contribution in [0.3, 0.4) is 0 Å². The second kappa shape index (κ2) is 4.53. The van der Waals surface area contributed by atoms with Crippen molar-refractivity contribution < 1.29 is 18.0 Å². The zero-order chi connectivity index (χ0) is 13.3. The highest BCUT2D eigenvalue weighted by Crippen LogP contribution is 2.37. The maximum atomic E-state index is 12.8. The zero-order valence-corrected chi connectivity index (χ0v) is 10.1. The van der Waals surface area contributed by atoms with E-state index < -0.39 is 11.7 Å². The molecule has 0 atom stereocenters. The molecule has 0 saturated carbocycles. The minimum absolute atomic E-state index is 0.00231. The molecule has 18 heavy (non-hydrogen) atoms. The third kappa shape index (κ3) is 2.43. The molecular weight excluding hydrogens is 263 g/mol. The zero-order valence-electron chi connectivity index (χ0n) is 9.28. The summed E-state index contributed by atoms with van der Waals surface area (Å²) in [6.07, 6.45) is -4.43. The standard InChI is InChI=1S/C12H8F3NOS/c1-7(17)10-6-18-11(16-10)8-4-2-3-5-9(8)12(13,14)15/h2-6H,1H3. The molecule has 0 saturated heterocycles. The minimum atomic E-state index is -4.43. The van der Waals surface area contributed by atoms with Gasteiger partial charge in [0, 0.05) is 17.9 Å². The summed E-state index contributed by atoms with van der Waals surface area (Å²) in [6, 6.07) is 5.20. The lowest BCUT2D eigenvalue weighted by molar-refractivity contribution is -0.137. The van der Waals surface area contributed by atoms with E-state index in [-0.39, 0.29) is 22.0 Å². The Hall–Kier alpha value is -1.69. The number of hydrogen-bond donors (Lipinski definition) is 0. The second-order valence-electron chi connectivity index (χ2n) is 3.64. The average molecular weight is 271 g/mol. The van der Waals surface area contributed by atoms with Crippen LogP contribution in [-0.4, -0.2) is 10.8 Å². The Labute approximate surface area is 105 Å². The van der Waals surface area contributed by atoms with Crippen molar-refractivity contribution in [3.05, 3.63) is 40.9 Å². The largest absolute Gasteiger partial charge is 0.417 e. The van der Waals surface area contributed by atoms with Gasteiger partial charge in [0.25, 0.3) is 0 Å². The van der Waals surface area contributed by atoms with Gasteiger partial charge in [-0.3, -0.25) is 4.79 Å². The van der Waals surface area contributed by atoms with E-state index in [1.165, 1.54) is 30.5 Å². The highest BCUT2D eigenvalue weighted by atomic mass is 32.1. The van der Waals surface area contributed by atoms with Crippen LogP contribution in [0.15, 0.2) is 29.6 Å². The van der Waals surface area contributed by atoms with Crippen molar-refractivity contribution >= 4 is 17.1 Å². The van der Waals surface area contributed by atoms with Gasteiger partial charge in [-0.15, -0.1) is 11.3 Å². The molecule has 0 aliphatic heterocycles. The first-order valence-electron chi connectivity index (χ1n) is 5.02. The van der Waals surface area contributed by atoms with Gasteiger partial charge in [-0.25, -0.2) is 4.98 Å². The summed E-state index contributed by atoms with van der Waals surface area (Å²) in [5, 5.41) is 1.67. The Morgan fingerprint density at radius 3 is 2.50 bits per heavy atom. The molecule has 1 heterocycles. The first-order chi connectivity index (χ1) is 8.39. The molecular formula is C12H8F3NOS. The van der Waals surface area contributed by atoms with Crippen LogP contribution in [0, 0.1) is 0 Å². The molecule has 0 radical (unpaired) electrons. The van der Waals surface area contributed by atoms with Crippen LogP contribution >= 0.6 is 11.3 Å². The maximum absolute atomic E-state index is 12.8. The van der Waals surface area contributed by atoms with Gasteiger partial charge in [0.05, 0.1) is 5.56 Å². The van der Waals surface area contributed by atoms with Crippen molar-refractivity contribution in [3.63, 3.8) is 0 Å². The summed E-state index contributed by atoms with van der Waals surface area (Å²) in [5.41, 5.74) is -0.552. The average Bonchev–Trinajstić information content (AvgIpc) is 2.77. The van der Waals surface area contributed by atoms with Crippen molar-refractivity contribution in [2.24, 2.45) is 0 Å². The van der Waals surface area contributed by atoms with Crippen molar-refractivity contribution in [1.29, 1.82) is 0 Å². The fourth-order valence-corrected chi connectivity index (χ4v) is 2.37. The molecule has 0 aliphatic carbocycles. The number of nitrogens with zero attached hydrogens (tertiary/aromatic N) is 1. The van der Waals surface area contributed by atoms with Crippen LogP contribution in [0.25, 0.3) is 10.6 Å². The van der Waals surface area contributed by atoms with Crippen molar-refractivity contribution in [3.8, 4) is 10.6 Å². The van der Waals surface area contributed by atoms with Crippen LogP contribution in [0.5, 0.6) is 0 Å². The minimum Gasteiger partial charge on any atom is -0.293 e. The fourth-order valence-electron chi connectivity index (χ4n) is 1.48. The van der Waals surface area contributed by atoms with E-state index in [1.807, 2.05) is 0 Å². The summed E-state index contributed by atoms with van der Waals surface area (Å²) < 4.78 is 38.4. The summed E-state index contributed by atoms with van der Waals surface area (Å²) in [7, 11) is 0. The fraction of sp³-hybridized carbons (Fsp3) is 0.167. The van der Waals surface area contributed by atoms with Crippen LogP contribution < -0.4 is 0 Å². The van der Waals surface area contributed by atoms with E-state index >= 15 is 0 Å². The van der Waals surface area contributed by atoms with Gasteiger partial charge in [0.15, 0.2) is 5.78 Å². The third-order valence-corrected chi connectivity index (χ3v) is 3.20. The topological polar surface area (TPSA) is 30.0 Å². The summed E-state index contributed by atoms with van der Waals surface area (Å²) in [4.78, 5) is 15.0. The number of halogens is 3. The molecule has 6 heteroatoms. The monoisotopic (exact) mass is 271 g/mol. The van der Waals surface area contributed by atoms with E-state index in [1.54, 1.807) is 0 Å². The molecule has 0 amide bonds. The molecule has 1 aromatic heterocycles. The van der Waals surface area contributed by atoms with Gasteiger partial charge in [-0.2, -0.15) is 13.2 Å². The molecule has 0 spiro atoms. The predicted octanol–water partition coefficient (Wildman–Crippen LogP) is 4.03. The van der Waals surface area contributed by atoms with Gasteiger partial charge in [0.2, 0.25) is 0 Å². The highest BCUT2D eigenvalue weighted by molar-refractivity contribution is 7.13. The lowest BCUT2D eigenvalue weighted by atomic mass is 10.1. The predicted molar refractivity (Wildman–Crippen MR) is 62.6 cm³/mol. The number of thiazole rings is 1. The lowest BCUT2D eigenvalue weighted by Gasteiger charge is -2.10. The van der Waals surface area contributed by atoms with Crippen LogP contribution in [-0.2, 0) is 6.18 Å². The number of Topliss-reactive ketones (excluding diaryl/α,β-unsaturated/α-hetero) is 1. The Morgan fingerprint density at radius 1 is 1.28 bits per heavy atom. The third-order valence-electron chi connectivity index (χ3n) is 2.33. The van der Waals surface area contributed by atoms with E-state index in [9.17, 15) is 18.0 Å². The molecule has 2 rings (SSSR count). The lowest BCUT2D eigenvalue weighted by Crippen LogP contribution is -2.06. The molecule has 0 unspecified atom stereocenters. The summed E-state index contributed by atoms with van der Waals surface area (Å²) in [6.45, 7) is 1.33. The number of carbonyl (C=O) groups excluding carboxylic acids is 1. The molecule has 0 aliphatic rings. The van der Waals surface area contributed by atoms with Crippen molar-refractivity contribution in [1.82, 2.24) is 4.98 Å². The number of aromatic nitrogens is 1. The molecule has 2 aromatic rings. The summed E-state index contributed by atoms with van der Waals surface area (Å²) in [5.74, 6) is -0.262. The van der Waals surface area contributed by atoms with Crippen molar-refractivity contribution in [2.45, 2.75) is 13.1 Å². The normalized spacial score (nSPS) is 11.6.